The van der Waals surface area contributed by atoms with E-state index in [9.17, 15) is 13.2 Å². The highest BCUT2D eigenvalue weighted by atomic mass is 19.4. The molecule has 3 rings (SSSR count). The highest BCUT2D eigenvalue weighted by molar-refractivity contribution is 5.06. The summed E-state index contributed by atoms with van der Waals surface area (Å²) >= 11 is 0. The average molecular weight is 271 g/mol. The van der Waals surface area contributed by atoms with Gasteiger partial charge in [-0.25, -0.2) is 4.98 Å². The van der Waals surface area contributed by atoms with Crippen LogP contribution in [0.3, 0.4) is 0 Å². The Morgan fingerprint density at radius 2 is 2.00 bits per heavy atom. The molecule has 1 saturated carbocycles. The maximum Gasteiger partial charge on any atom is 0.434 e. The highest BCUT2D eigenvalue weighted by Gasteiger charge is 2.41. The summed E-state index contributed by atoms with van der Waals surface area (Å²) in [6, 6.07) is 0.479. The van der Waals surface area contributed by atoms with Crippen LogP contribution in [0.1, 0.15) is 30.7 Å². The molecule has 0 radical (unpaired) electrons. The Bertz CT molecular complexity index is 443. The van der Waals surface area contributed by atoms with Crippen LogP contribution in [-0.4, -0.2) is 22.6 Å². The Morgan fingerprint density at radius 3 is 2.63 bits per heavy atom. The minimum absolute atomic E-state index is 0.479. The first-order valence-corrected chi connectivity index (χ1v) is 6.64. The fraction of sp³-hybridized carbons (Fsp3) is 0.692. The van der Waals surface area contributed by atoms with Crippen molar-refractivity contribution in [2.24, 2.45) is 11.8 Å². The third kappa shape index (κ3) is 3.05. The summed E-state index contributed by atoms with van der Waals surface area (Å²) in [5, 5.41) is 3.49. The molecule has 1 aliphatic heterocycles. The van der Waals surface area contributed by atoms with Gasteiger partial charge in [-0.15, -0.1) is 0 Å². The smallest absolute Gasteiger partial charge is 0.314 e. The summed E-state index contributed by atoms with van der Waals surface area (Å²) in [7, 11) is 0. The largest absolute Gasteiger partial charge is 0.434 e. The minimum atomic E-state index is -4.41. The molecule has 0 amide bonds. The SMILES string of the molecule is FC(F)(F)c1cnc(CC[C@@H]2C[C@H]3C[C@H]3CN2)cn1. The molecule has 0 bridgehead atoms. The molecule has 6 heteroatoms. The molecule has 1 aromatic rings. The number of nitrogens with zero attached hydrogens (tertiary/aromatic N) is 2. The van der Waals surface area contributed by atoms with Gasteiger partial charge < -0.3 is 5.32 Å². The first kappa shape index (κ1) is 12.8. The van der Waals surface area contributed by atoms with Crippen molar-refractivity contribution in [1.29, 1.82) is 0 Å². The minimum Gasteiger partial charge on any atom is -0.314 e. The number of fused-ring (bicyclic) bond motifs is 1. The number of piperidine rings is 1. The number of halogens is 3. The molecule has 104 valence electrons. The number of alkyl halides is 3. The van der Waals surface area contributed by atoms with E-state index in [1.54, 1.807) is 0 Å². The lowest BCUT2D eigenvalue weighted by Crippen LogP contribution is -2.35. The van der Waals surface area contributed by atoms with Gasteiger partial charge in [0.15, 0.2) is 5.69 Å². The maximum atomic E-state index is 12.3. The number of hydrogen-bond acceptors (Lipinski definition) is 3. The van der Waals surface area contributed by atoms with Gasteiger partial charge in [0.2, 0.25) is 0 Å². The first-order valence-electron chi connectivity index (χ1n) is 6.64. The molecule has 2 fully saturated rings. The Hall–Kier alpha value is -1.17. The van der Waals surface area contributed by atoms with Crippen molar-refractivity contribution in [2.75, 3.05) is 6.54 Å². The first-order chi connectivity index (χ1) is 9.02. The molecule has 1 saturated heterocycles. The Kier molecular flexibility index (Phi) is 3.20. The number of aromatic nitrogens is 2. The Balaban J connectivity index is 1.52. The third-order valence-corrected chi connectivity index (χ3v) is 4.07. The number of nitrogens with one attached hydrogen (secondary N) is 1. The van der Waals surface area contributed by atoms with E-state index in [-0.39, 0.29) is 0 Å². The van der Waals surface area contributed by atoms with Gasteiger partial charge in [-0.2, -0.15) is 13.2 Å². The highest BCUT2D eigenvalue weighted by Crippen LogP contribution is 2.44. The summed E-state index contributed by atoms with van der Waals surface area (Å²) in [5.41, 5.74) is -0.291. The van der Waals surface area contributed by atoms with Crippen molar-refractivity contribution in [2.45, 2.75) is 37.9 Å². The van der Waals surface area contributed by atoms with E-state index in [0.717, 1.165) is 31.0 Å². The molecule has 2 heterocycles. The van der Waals surface area contributed by atoms with Crippen molar-refractivity contribution in [3.63, 3.8) is 0 Å². The lowest BCUT2D eigenvalue weighted by Gasteiger charge is -2.22. The van der Waals surface area contributed by atoms with Gasteiger partial charge in [0.25, 0.3) is 0 Å². The van der Waals surface area contributed by atoms with Gasteiger partial charge in [0.1, 0.15) is 0 Å². The van der Waals surface area contributed by atoms with Crippen LogP contribution in [0.25, 0.3) is 0 Å². The third-order valence-electron chi connectivity index (χ3n) is 4.07. The molecule has 0 unspecified atom stereocenters. The van der Waals surface area contributed by atoms with Gasteiger partial charge in [-0.05, 0) is 44.1 Å². The molecule has 3 nitrogen and oxygen atoms in total. The second-order valence-corrected chi connectivity index (χ2v) is 5.53. The molecule has 0 aromatic carbocycles. The normalized spacial score (nSPS) is 29.9. The summed E-state index contributed by atoms with van der Waals surface area (Å²) < 4.78 is 37.0. The molecular formula is C13H16F3N3. The van der Waals surface area contributed by atoms with Gasteiger partial charge in [-0.1, -0.05) is 0 Å². The zero-order valence-corrected chi connectivity index (χ0v) is 10.5. The zero-order valence-electron chi connectivity index (χ0n) is 10.5. The van der Waals surface area contributed by atoms with Crippen LogP contribution < -0.4 is 5.32 Å². The summed E-state index contributed by atoms with van der Waals surface area (Å²) in [6.07, 6.45) is 1.79. The molecule has 3 atom stereocenters. The number of aryl methyl sites for hydroxylation is 1. The van der Waals surface area contributed by atoms with E-state index in [0.29, 0.717) is 18.2 Å². The predicted molar refractivity (Wildman–Crippen MR) is 63.4 cm³/mol. The average Bonchev–Trinajstić information content (AvgIpc) is 3.14. The Morgan fingerprint density at radius 1 is 1.16 bits per heavy atom. The van der Waals surface area contributed by atoms with Crippen LogP contribution in [-0.2, 0) is 12.6 Å². The van der Waals surface area contributed by atoms with Gasteiger partial charge in [0.05, 0.1) is 11.9 Å². The molecule has 19 heavy (non-hydrogen) atoms. The topological polar surface area (TPSA) is 37.8 Å². The molecule has 1 N–H and O–H groups in total. The van der Waals surface area contributed by atoms with Crippen molar-refractivity contribution in [1.82, 2.24) is 15.3 Å². The van der Waals surface area contributed by atoms with Crippen molar-refractivity contribution in [3.8, 4) is 0 Å². The lowest BCUT2D eigenvalue weighted by molar-refractivity contribution is -0.141. The van der Waals surface area contributed by atoms with Gasteiger partial charge >= 0.3 is 6.18 Å². The summed E-state index contributed by atoms with van der Waals surface area (Å²) in [6.45, 7) is 1.09. The van der Waals surface area contributed by atoms with Crippen LogP contribution in [0, 0.1) is 11.8 Å². The van der Waals surface area contributed by atoms with Crippen molar-refractivity contribution in [3.05, 3.63) is 23.8 Å². The van der Waals surface area contributed by atoms with Crippen LogP contribution in [0.15, 0.2) is 12.4 Å². The molecule has 2 aliphatic rings. The summed E-state index contributed by atoms with van der Waals surface area (Å²) in [4.78, 5) is 7.28. The van der Waals surface area contributed by atoms with E-state index >= 15 is 0 Å². The van der Waals surface area contributed by atoms with Crippen LogP contribution in [0.2, 0.25) is 0 Å². The van der Waals surface area contributed by atoms with Crippen LogP contribution >= 0.6 is 0 Å². The molecule has 0 spiro atoms. The number of rotatable bonds is 3. The van der Waals surface area contributed by atoms with E-state index in [1.807, 2.05) is 0 Å². The quantitative estimate of drug-likeness (QED) is 0.917. The van der Waals surface area contributed by atoms with Crippen molar-refractivity contribution < 1.29 is 13.2 Å². The van der Waals surface area contributed by atoms with E-state index < -0.39 is 11.9 Å². The second-order valence-electron chi connectivity index (χ2n) is 5.53. The van der Waals surface area contributed by atoms with E-state index in [1.165, 1.54) is 19.0 Å². The zero-order chi connectivity index (χ0) is 13.5. The fourth-order valence-electron chi connectivity index (χ4n) is 2.79. The standard InChI is InChI=1S/C13H16F3N3/c14-13(15,16)12-7-18-11(6-19-12)2-1-10-4-8-3-9(8)5-17-10/h6-10,17H,1-5H2/t8-,9+,10-/m1/s1. The fourth-order valence-corrected chi connectivity index (χ4v) is 2.79. The van der Waals surface area contributed by atoms with Crippen LogP contribution in [0.5, 0.6) is 0 Å². The predicted octanol–water partition coefficient (Wildman–Crippen LogP) is 2.43. The number of hydrogen-bond donors (Lipinski definition) is 1. The second kappa shape index (κ2) is 4.74. The summed E-state index contributed by atoms with van der Waals surface area (Å²) in [5.74, 6) is 1.76. The van der Waals surface area contributed by atoms with E-state index in [2.05, 4.69) is 15.3 Å². The van der Waals surface area contributed by atoms with E-state index in [4.69, 9.17) is 0 Å². The van der Waals surface area contributed by atoms with Gasteiger partial charge in [-0.3, -0.25) is 4.98 Å². The Labute approximate surface area is 109 Å². The van der Waals surface area contributed by atoms with Gasteiger partial charge in [0, 0.05) is 12.2 Å². The maximum absolute atomic E-state index is 12.3. The van der Waals surface area contributed by atoms with Crippen molar-refractivity contribution >= 4 is 0 Å². The molecular weight excluding hydrogens is 255 g/mol. The molecule has 1 aliphatic carbocycles. The van der Waals surface area contributed by atoms with Crippen LogP contribution in [0.4, 0.5) is 13.2 Å². The molecule has 1 aromatic heterocycles. The monoisotopic (exact) mass is 271 g/mol. The lowest BCUT2D eigenvalue weighted by atomic mass is 9.99.